The quantitative estimate of drug-likeness (QED) is 0.498. The minimum Gasteiger partial charge on any atom is -0.457 e. The highest BCUT2D eigenvalue weighted by Gasteiger charge is 2.25. The number of aromatic nitrogens is 1. The largest absolute Gasteiger partial charge is 0.457 e. The molecule has 0 saturated heterocycles. The predicted octanol–water partition coefficient (Wildman–Crippen LogP) is 4.52. The molecule has 0 fully saturated rings. The van der Waals surface area contributed by atoms with Crippen LogP contribution in [-0.2, 0) is 17.6 Å². The Kier molecular flexibility index (Phi) is 5.48. The number of pyridine rings is 1. The van der Waals surface area contributed by atoms with Crippen molar-refractivity contribution in [2.45, 2.75) is 12.8 Å². The van der Waals surface area contributed by atoms with Gasteiger partial charge in [-0.15, -0.1) is 0 Å². The van der Waals surface area contributed by atoms with E-state index >= 15 is 0 Å². The van der Waals surface area contributed by atoms with Crippen LogP contribution in [0, 0.1) is 0 Å². The van der Waals surface area contributed by atoms with Crippen molar-refractivity contribution in [2.75, 3.05) is 18.5 Å². The number of carbonyl (C=O) groups is 2. The van der Waals surface area contributed by atoms with E-state index in [1.165, 1.54) is 5.39 Å². The number of benzene rings is 3. The molecule has 0 spiro atoms. The van der Waals surface area contributed by atoms with E-state index in [0.29, 0.717) is 30.2 Å². The van der Waals surface area contributed by atoms with Gasteiger partial charge in [-0.1, -0.05) is 42.5 Å². The van der Waals surface area contributed by atoms with E-state index in [2.05, 4.69) is 34.6 Å². The fourth-order valence-corrected chi connectivity index (χ4v) is 4.18. The van der Waals surface area contributed by atoms with Crippen molar-refractivity contribution in [3.63, 3.8) is 0 Å². The first kappa shape index (κ1) is 20.7. The maximum absolute atomic E-state index is 13.1. The molecule has 0 saturated carbocycles. The molecule has 0 bridgehead atoms. The molecule has 1 aliphatic rings. The fourth-order valence-electron chi connectivity index (χ4n) is 4.18. The molecule has 3 aromatic carbocycles. The Balaban J connectivity index is 1.31. The Hall–Kier alpha value is -4.19. The highest BCUT2D eigenvalue weighted by atomic mass is 16.5. The van der Waals surface area contributed by atoms with E-state index in [-0.39, 0.29) is 11.8 Å². The molecule has 1 N–H and O–H groups in total. The van der Waals surface area contributed by atoms with Crippen molar-refractivity contribution in [2.24, 2.45) is 0 Å². The van der Waals surface area contributed by atoms with Crippen molar-refractivity contribution in [1.29, 1.82) is 0 Å². The molecule has 2 heterocycles. The Morgan fingerprint density at radius 1 is 0.970 bits per heavy atom. The zero-order valence-corrected chi connectivity index (χ0v) is 18.2. The molecule has 1 aliphatic heterocycles. The SMILES string of the molecule is CNC(=O)c1cc(Oc2ccc3c(c2)CCN3C(=O)Cc2ccc3ccccc3c2)ccn1. The van der Waals surface area contributed by atoms with Crippen molar-refractivity contribution < 1.29 is 14.3 Å². The molecule has 0 aliphatic carbocycles. The maximum Gasteiger partial charge on any atom is 0.269 e. The molecule has 1 aromatic heterocycles. The van der Waals surface area contributed by atoms with Gasteiger partial charge >= 0.3 is 0 Å². The van der Waals surface area contributed by atoms with Gasteiger partial charge in [0, 0.05) is 31.5 Å². The number of hydrogen-bond donors (Lipinski definition) is 1. The third-order valence-corrected chi connectivity index (χ3v) is 5.84. The van der Waals surface area contributed by atoms with Gasteiger partial charge < -0.3 is 15.0 Å². The highest BCUT2D eigenvalue weighted by molar-refractivity contribution is 5.97. The molecular formula is C27H23N3O3. The summed E-state index contributed by atoms with van der Waals surface area (Å²) in [6.07, 6.45) is 2.68. The molecule has 2 amide bonds. The van der Waals surface area contributed by atoms with Crippen LogP contribution in [0.1, 0.15) is 21.6 Å². The summed E-state index contributed by atoms with van der Waals surface area (Å²) in [5.41, 5.74) is 3.30. The lowest BCUT2D eigenvalue weighted by molar-refractivity contribution is -0.117. The monoisotopic (exact) mass is 437 g/mol. The molecule has 6 heteroatoms. The van der Waals surface area contributed by atoms with Crippen molar-refractivity contribution in [3.05, 3.63) is 95.8 Å². The number of nitrogens with one attached hydrogen (secondary N) is 1. The third-order valence-electron chi connectivity index (χ3n) is 5.84. The van der Waals surface area contributed by atoms with E-state index in [1.807, 2.05) is 41.3 Å². The standard InChI is InChI=1S/C27H23N3O3/c1-28-27(32)24-17-23(10-12-29-24)33-22-8-9-25-21(16-22)11-13-30(25)26(31)15-18-6-7-19-4-2-3-5-20(19)14-18/h2-10,12,14,16-17H,11,13,15H2,1H3,(H,28,32). The van der Waals surface area contributed by atoms with Crippen LogP contribution in [0.2, 0.25) is 0 Å². The van der Waals surface area contributed by atoms with Gasteiger partial charge in [0.2, 0.25) is 5.91 Å². The van der Waals surface area contributed by atoms with Crippen molar-refractivity contribution in [1.82, 2.24) is 10.3 Å². The average molecular weight is 437 g/mol. The molecule has 6 nitrogen and oxygen atoms in total. The summed E-state index contributed by atoms with van der Waals surface area (Å²) in [5, 5.41) is 4.86. The molecule has 164 valence electrons. The maximum atomic E-state index is 13.1. The molecule has 5 rings (SSSR count). The predicted molar refractivity (Wildman–Crippen MR) is 128 cm³/mol. The zero-order chi connectivity index (χ0) is 22.8. The van der Waals surface area contributed by atoms with Crippen LogP contribution < -0.4 is 15.0 Å². The number of ether oxygens (including phenoxy) is 1. The minimum atomic E-state index is -0.269. The van der Waals surface area contributed by atoms with Gasteiger partial charge in [0.1, 0.15) is 17.2 Å². The van der Waals surface area contributed by atoms with E-state index in [9.17, 15) is 9.59 Å². The number of hydrogen-bond acceptors (Lipinski definition) is 4. The Morgan fingerprint density at radius 3 is 2.64 bits per heavy atom. The topological polar surface area (TPSA) is 71.5 Å². The lowest BCUT2D eigenvalue weighted by Gasteiger charge is -2.18. The van der Waals surface area contributed by atoms with Crippen LogP contribution in [0.25, 0.3) is 10.8 Å². The number of anilines is 1. The van der Waals surface area contributed by atoms with Crippen LogP contribution in [0.3, 0.4) is 0 Å². The van der Waals surface area contributed by atoms with Gasteiger partial charge in [-0.2, -0.15) is 0 Å². The zero-order valence-electron chi connectivity index (χ0n) is 18.2. The molecule has 0 unspecified atom stereocenters. The lowest BCUT2D eigenvalue weighted by atomic mass is 10.0. The van der Waals surface area contributed by atoms with Crippen LogP contribution in [-0.4, -0.2) is 30.4 Å². The van der Waals surface area contributed by atoms with Gasteiger partial charge in [0.05, 0.1) is 6.42 Å². The Labute approximate surface area is 191 Å². The second-order valence-electron chi connectivity index (χ2n) is 8.00. The van der Waals surface area contributed by atoms with E-state index in [4.69, 9.17) is 4.74 Å². The first-order valence-electron chi connectivity index (χ1n) is 10.9. The average Bonchev–Trinajstić information content (AvgIpc) is 3.27. The van der Waals surface area contributed by atoms with E-state index < -0.39 is 0 Å². The summed E-state index contributed by atoms with van der Waals surface area (Å²) < 4.78 is 5.95. The van der Waals surface area contributed by atoms with Crippen LogP contribution in [0.5, 0.6) is 11.5 Å². The van der Waals surface area contributed by atoms with Gasteiger partial charge in [0.15, 0.2) is 0 Å². The number of rotatable bonds is 5. The number of nitrogens with zero attached hydrogens (tertiary/aromatic N) is 2. The summed E-state index contributed by atoms with van der Waals surface area (Å²) in [7, 11) is 1.56. The smallest absolute Gasteiger partial charge is 0.269 e. The minimum absolute atomic E-state index is 0.0852. The summed E-state index contributed by atoms with van der Waals surface area (Å²) >= 11 is 0. The third kappa shape index (κ3) is 4.28. The van der Waals surface area contributed by atoms with Gasteiger partial charge in [-0.25, -0.2) is 0 Å². The van der Waals surface area contributed by atoms with Crippen LogP contribution in [0.4, 0.5) is 5.69 Å². The molecule has 33 heavy (non-hydrogen) atoms. The summed E-state index contributed by atoms with van der Waals surface area (Å²) in [6, 6.07) is 23.4. The van der Waals surface area contributed by atoms with Crippen LogP contribution in [0.15, 0.2) is 79.0 Å². The van der Waals surface area contributed by atoms with Crippen molar-refractivity contribution in [3.8, 4) is 11.5 Å². The fraction of sp³-hybridized carbons (Fsp3) is 0.148. The summed E-state index contributed by atoms with van der Waals surface area (Å²) in [4.78, 5) is 30.8. The van der Waals surface area contributed by atoms with Crippen LogP contribution >= 0.6 is 0 Å². The molecular weight excluding hydrogens is 414 g/mol. The molecule has 4 aromatic rings. The van der Waals surface area contributed by atoms with E-state index in [1.54, 1.807) is 25.4 Å². The highest BCUT2D eigenvalue weighted by Crippen LogP contribution is 2.33. The van der Waals surface area contributed by atoms with Gasteiger partial charge in [0.25, 0.3) is 5.91 Å². The van der Waals surface area contributed by atoms with Crippen molar-refractivity contribution >= 4 is 28.3 Å². The summed E-state index contributed by atoms with van der Waals surface area (Å²) in [5.74, 6) is 1.01. The Bertz CT molecular complexity index is 1370. The summed E-state index contributed by atoms with van der Waals surface area (Å²) in [6.45, 7) is 0.654. The number of amides is 2. The van der Waals surface area contributed by atoms with E-state index in [0.717, 1.165) is 28.6 Å². The normalized spacial score (nSPS) is 12.5. The first-order chi connectivity index (χ1) is 16.1. The number of carbonyl (C=O) groups excluding carboxylic acids is 2. The van der Waals surface area contributed by atoms with Gasteiger partial charge in [-0.3, -0.25) is 14.6 Å². The Morgan fingerprint density at radius 2 is 1.79 bits per heavy atom. The molecule has 0 atom stereocenters. The molecule has 0 radical (unpaired) electrons. The van der Waals surface area contributed by atoms with Gasteiger partial charge in [-0.05, 0) is 52.6 Å². The lowest BCUT2D eigenvalue weighted by Crippen LogP contribution is -2.30. The first-order valence-corrected chi connectivity index (χ1v) is 10.9. The second kappa shape index (κ2) is 8.74. The second-order valence-corrected chi connectivity index (χ2v) is 8.00. The number of fused-ring (bicyclic) bond motifs is 2.